The van der Waals surface area contributed by atoms with E-state index in [9.17, 15) is 4.79 Å². The van der Waals surface area contributed by atoms with E-state index in [0.717, 1.165) is 25.7 Å². The zero-order chi connectivity index (χ0) is 17.9. The summed E-state index contributed by atoms with van der Waals surface area (Å²) >= 11 is 0. The van der Waals surface area contributed by atoms with Gasteiger partial charge in [0.1, 0.15) is 0 Å². The number of carbonyl (C=O) groups excluding carboxylic acids is 1. The Morgan fingerprint density at radius 2 is 1.46 bits per heavy atom. The molecule has 0 aromatic heterocycles. The van der Waals surface area contributed by atoms with Gasteiger partial charge in [0.25, 0.3) is 0 Å². The van der Waals surface area contributed by atoms with Crippen molar-refractivity contribution >= 4 is 5.97 Å². The third kappa shape index (κ3) is 17.3. The van der Waals surface area contributed by atoms with Crippen LogP contribution >= 0.6 is 0 Å². The summed E-state index contributed by atoms with van der Waals surface area (Å²) in [5.74, 6) is -0.157. The molecule has 0 aliphatic carbocycles. The molecule has 0 saturated heterocycles. The number of ether oxygens (including phenoxy) is 2. The van der Waals surface area contributed by atoms with Crippen LogP contribution in [-0.2, 0) is 14.3 Å². The van der Waals surface area contributed by atoms with E-state index in [1.54, 1.807) is 6.92 Å². The first-order valence-corrected chi connectivity index (χ1v) is 9.73. The Bertz CT molecular complexity index is 334. The van der Waals surface area contributed by atoms with Crippen LogP contribution in [0.5, 0.6) is 0 Å². The Balaban J connectivity index is 3.30. The summed E-state index contributed by atoms with van der Waals surface area (Å²) in [6.45, 7) is 3.97. The number of allylic oxidation sites excluding steroid dienone is 4. The zero-order valence-corrected chi connectivity index (χ0v) is 16.1. The van der Waals surface area contributed by atoms with Gasteiger partial charge in [0.05, 0.1) is 0 Å². The van der Waals surface area contributed by atoms with E-state index < -0.39 is 6.29 Å². The van der Waals surface area contributed by atoms with Crippen molar-refractivity contribution in [2.24, 2.45) is 0 Å². The third-order valence-electron chi connectivity index (χ3n) is 3.96. The second-order valence-electron chi connectivity index (χ2n) is 6.27. The van der Waals surface area contributed by atoms with Gasteiger partial charge >= 0.3 is 5.97 Å². The highest BCUT2D eigenvalue weighted by Crippen LogP contribution is 2.09. The molecule has 0 aromatic carbocycles. The Kier molecular flexibility index (Phi) is 17.4. The first kappa shape index (κ1) is 22.9. The molecule has 3 heteroatoms. The molecule has 24 heavy (non-hydrogen) atoms. The van der Waals surface area contributed by atoms with Crippen LogP contribution in [0.25, 0.3) is 0 Å². The molecule has 0 aliphatic heterocycles. The maximum absolute atomic E-state index is 11.4. The fourth-order valence-electron chi connectivity index (χ4n) is 2.37. The first-order chi connectivity index (χ1) is 11.7. The monoisotopic (exact) mass is 338 g/mol. The minimum atomic E-state index is -0.435. The number of methoxy groups -OCH3 is 1. The number of unbranched alkanes of at least 4 members (excludes halogenated alkanes) is 8. The van der Waals surface area contributed by atoms with E-state index >= 15 is 0 Å². The summed E-state index contributed by atoms with van der Waals surface area (Å²) in [6, 6.07) is 0. The minimum Gasteiger partial charge on any atom is -0.436 e. The Morgan fingerprint density at radius 1 is 0.875 bits per heavy atom. The molecule has 0 rings (SSSR count). The van der Waals surface area contributed by atoms with E-state index in [0.29, 0.717) is 6.42 Å². The van der Waals surface area contributed by atoms with E-state index in [1.165, 1.54) is 52.1 Å². The molecule has 1 unspecified atom stereocenters. The molecule has 0 aliphatic rings. The van der Waals surface area contributed by atoms with Crippen molar-refractivity contribution < 1.29 is 14.3 Å². The summed E-state index contributed by atoms with van der Waals surface area (Å²) in [5, 5.41) is 0. The van der Waals surface area contributed by atoms with Crippen LogP contribution in [0.4, 0.5) is 0 Å². The molecule has 0 fully saturated rings. The molecule has 0 bridgehead atoms. The molecule has 0 heterocycles. The highest BCUT2D eigenvalue weighted by molar-refractivity contribution is 5.69. The van der Waals surface area contributed by atoms with Crippen molar-refractivity contribution in [3.8, 4) is 0 Å². The Morgan fingerprint density at radius 3 is 2.08 bits per heavy atom. The number of hydrogen-bond acceptors (Lipinski definition) is 3. The maximum Gasteiger partial charge on any atom is 0.308 e. The quantitative estimate of drug-likeness (QED) is 0.143. The molecule has 0 aromatic rings. The lowest BCUT2D eigenvalue weighted by Crippen LogP contribution is -2.16. The van der Waals surface area contributed by atoms with Gasteiger partial charge in [-0.1, -0.05) is 63.3 Å². The average Bonchev–Trinajstić information content (AvgIpc) is 2.58. The summed E-state index contributed by atoms with van der Waals surface area (Å²) in [7, 11) is 1.54. The summed E-state index contributed by atoms with van der Waals surface area (Å²) in [5.41, 5.74) is 0. The molecule has 1 atom stereocenters. The Hall–Kier alpha value is -1.09. The van der Waals surface area contributed by atoms with Crippen molar-refractivity contribution in [3.63, 3.8) is 0 Å². The average molecular weight is 339 g/mol. The maximum atomic E-state index is 11.4. The molecule has 140 valence electrons. The van der Waals surface area contributed by atoms with Gasteiger partial charge < -0.3 is 9.47 Å². The van der Waals surface area contributed by atoms with Gasteiger partial charge in [-0.25, -0.2) is 0 Å². The van der Waals surface area contributed by atoms with Gasteiger partial charge in [0, 0.05) is 13.5 Å². The second kappa shape index (κ2) is 18.3. The molecule has 0 saturated carbocycles. The zero-order valence-electron chi connectivity index (χ0n) is 16.1. The van der Waals surface area contributed by atoms with Gasteiger partial charge in [-0.3, -0.25) is 4.79 Å². The predicted molar refractivity (Wildman–Crippen MR) is 102 cm³/mol. The van der Waals surface area contributed by atoms with Crippen molar-refractivity contribution in [3.05, 3.63) is 24.3 Å². The topological polar surface area (TPSA) is 35.5 Å². The van der Waals surface area contributed by atoms with Crippen molar-refractivity contribution in [1.82, 2.24) is 0 Å². The van der Waals surface area contributed by atoms with E-state index in [-0.39, 0.29) is 5.97 Å². The summed E-state index contributed by atoms with van der Waals surface area (Å²) < 4.78 is 9.94. The van der Waals surface area contributed by atoms with Crippen LogP contribution in [0.2, 0.25) is 0 Å². The molecule has 0 N–H and O–H groups in total. The molecule has 0 spiro atoms. The smallest absolute Gasteiger partial charge is 0.308 e. The third-order valence-corrected chi connectivity index (χ3v) is 3.96. The largest absolute Gasteiger partial charge is 0.436 e. The minimum absolute atomic E-state index is 0.157. The van der Waals surface area contributed by atoms with Crippen molar-refractivity contribution in [2.45, 2.75) is 97.2 Å². The van der Waals surface area contributed by atoms with Crippen LogP contribution in [0.15, 0.2) is 24.3 Å². The van der Waals surface area contributed by atoms with E-state index in [2.05, 4.69) is 31.2 Å². The van der Waals surface area contributed by atoms with Gasteiger partial charge in [0.2, 0.25) is 0 Å². The number of esters is 1. The lowest BCUT2D eigenvalue weighted by Gasteiger charge is -2.10. The number of hydrogen-bond donors (Lipinski definition) is 0. The highest BCUT2D eigenvalue weighted by atomic mass is 16.7. The van der Waals surface area contributed by atoms with Crippen LogP contribution < -0.4 is 0 Å². The predicted octanol–water partition coefficient (Wildman–Crippen LogP) is 6.34. The van der Waals surface area contributed by atoms with Crippen LogP contribution in [0, 0.1) is 0 Å². The van der Waals surface area contributed by atoms with Crippen LogP contribution in [-0.4, -0.2) is 19.4 Å². The van der Waals surface area contributed by atoms with Gasteiger partial charge in [0.15, 0.2) is 6.29 Å². The SMILES string of the molecule is CCCCC/C=C\C/C=C\CCCCCCCC(=O)OC(C)OC. The van der Waals surface area contributed by atoms with Gasteiger partial charge in [-0.05, 0) is 45.4 Å². The Labute approximate surface area is 149 Å². The second-order valence-corrected chi connectivity index (χ2v) is 6.27. The molecule has 0 radical (unpaired) electrons. The van der Waals surface area contributed by atoms with E-state index in [4.69, 9.17) is 9.47 Å². The van der Waals surface area contributed by atoms with Crippen molar-refractivity contribution in [2.75, 3.05) is 7.11 Å². The van der Waals surface area contributed by atoms with Gasteiger partial charge in [-0.15, -0.1) is 0 Å². The molecular formula is C21H38O3. The number of carbonyl (C=O) groups is 1. The van der Waals surface area contributed by atoms with Gasteiger partial charge in [-0.2, -0.15) is 0 Å². The summed E-state index contributed by atoms with van der Waals surface area (Å²) in [6.07, 6.45) is 22.3. The molecule has 0 amide bonds. The van der Waals surface area contributed by atoms with E-state index in [1.807, 2.05) is 0 Å². The lowest BCUT2D eigenvalue weighted by molar-refractivity contribution is -0.169. The fourth-order valence-corrected chi connectivity index (χ4v) is 2.37. The normalized spacial score (nSPS) is 13.0. The number of rotatable bonds is 16. The van der Waals surface area contributed by atoms with Crippen LogP contribution in [0.1, 0.15) is 90.9 Å². The van der Waals surface area contributed by atoms with Crippen LogP contribution in [0.3, 0.4) is 0 Å². The lowest BCUT2D eigenvalue weighted by atomic mass is 10.1. The summed E-state index contributed by atoms with van der Waals surface area (Å²) in [4.78, 5) is 11.4. The van der Waals surface area contributed by atoms with Crippen molar-refractivity contribution in [1.29, 1.82) is 0 Å². The fraction of sp³-hybridized carbons (Fsp3) is 0.762. The first-order valence-electron chi connectivity index (χ1n) is 9.73. The molecular weight excluding hydrogens is 300 g/mol. The standard InChI is InChI=1S/C21H38O3/c1-4-5-6-7-8-9-10-11-12-13-14-15-16-17-18-19-21(22)24-20(2)23-3/h8-9,11-12,20H,4-7,10,13-19H2,1-3H3/b9-8-,12-11-. The highest BCUT2D eigenvalue weighted by Gasteiger charge is 2.07. The molecule has 3 nitrogen and oxygen atoms in total.